The number of carbonyl (C=O) groups excluding carboxylic acids is 1. The Morgan fingerprint density at radius 3 is 2.71 bits per heavy atom. The minimum Gasteiger partial charge on any atom is -0.492 e. The third-order valence-electron chi connectivity index (χ3n) is 3.05. The summed E-state index contributed by atoms with van der Waals surface area (Å²) in [6, 6.07) is 6.31. The Bertz CT molecular complexity index is 464. The summed E-state index contributed by atoms with van der Waals surface area (Å²) in [5.41, 5.74) is 7.14. The molecule has 1 atom stereocenters. The van der Waals surface area contributed by atoms with Gasteiger partial charge in [-0.2, -0.15) is 0 Å². The van der Waals surface area contributed by atoms with E-state index in [1.807, 2.05) is 32.0 Å². The summed E-state index contributed by atoms with van der Waals surface area (Å²) in [7, 11) is 0. The van der Waals surface area contributed by atoms with Crippen molar-refractivity contribution in [1.82, 2.24) is 5.32 Å². The quantitative estimate of drug-likeness (QED) is 0.752. The second-order valence-corrected chi connectivity index (χ2v) is 6.31. The van der Waals surface area contributed by atoms with E-state index < -0.39 is 0 Å². The fraction of sp³-hybridized carbons (Fsp3) is 0.562. The monoisotopic (exact) mass is 356 g/mol. The smallest absolute Gasteiger partial charge is 0.223 e. The Kier molecular flexibility index (Phi) is 7.75. The maximum Gasteiger partial charge on any atom is 0.223 e. The molecule has 0 aliphatic heterocycles. The number of ether oxygens (including phenoxy) is 1. The molecule has 0 radical (unpaired) electrons. The molecule has 0 bridgehead atoms. The number of carbonyl (C=O) groups is 1. The average Bonchev–Trinajstić information content (AvgIpc) is 2.40. The topological polar surface area (TPSA) is 64.3 Å². The second kappa shape index (κ2) is 9.05. The van der Waals surface area contributed by atoms with E-state index in [1.54, 1.807) is 0 Å². The van der Waals surface area contributed by atoms with Crippen LogP contribution in [0.2, 0.25) is 0 Å². The van der Waals surface area contributed by atoms with Gasteiger partial charge in [-0.15, -0.1) is 0 Å². The van der Waals surface area contributed by atoms with Crippen molar-refractivity contribution in [3.63, 3.8) is 0 Å². The lowest BCUT2D eigenvalue weighted by Crippen LogP contribution is -2.31. The number of halogens is 1. The van der Waals surface area contributed by atoms with Gasteiger partial charge in [0.15, 0.2) is 0 Å². The van der Waals surface area contributed by atoms with Crippen molar-refractivity contribution in [3.05, 3.63) is 28.2 Å². The maximum absolute atomic E-state index is 11.5. The van der Waals surface area contributed by atoms with E-state index in [-0.39, 0.29) is 18.0 Å². The summed E-state index contributed by atoms with van der Waals surface area (Å²) in [5.74, 6) is 0.757. The first-order valence-electron chi connectivity index (χ1n) is 7.38. The molecule has 0 fully saturated rings. The van der Waals surface area contributed by atoms with Gasteiger partial charge in [-0.05, 0) is 60.3 Å². The predicted molar refractivity (Wildman–Crippen MR) is 89.5 cm³/mol. The summed E-state index contributed by atoms with van der Waals surface area (Å²) >= 11 is 3.50. The number of nitrogens with one attached hydrogen (secondary N) is 1. The molecule has 118 valence electrons. The van der Waals surface area contributed by atoms with Gasteiger partial charge in [-0.1, -0.05) is 13.0 Å². The van der Waals surface area contributed by atoms with Crippen LogP contribution in [0.4, 0.5) is 0 Å². The molecule has 1 amide bonds. The maximum atomic E-state index is 11.5. The number of amides is 1. The predicted octanol–water partition coefficient (Wildman–Crippen LogP) is 3.02. The number of hydrogen-bond acceptors (Lipinski definition) is 3. The lowest BCUT2D eigenvalue weighted by Gasteiger charge is -2.12. The molecular weight excluding hydrogens is 332 g/mol. The van der Waals surface area contributed by atoms with Crippen LogP contribution in [0.25, 0.3) is 0 Å². The van der Waals surface area contributed by atoms with E-state index in [0.717, 1.165) is 23.1 Å². The van der Waals surface area contributed by atoms with Gasteiger partial charge in [0.2, 0.25) is 5.91 Å². The molecule has 0 saturated carbocycles. The van der Waals surface area contributed by atoms with E-state index in [0.29, 0.717) is 13.0 Å². The van der Waals surface area contributed by atoms with Gasteiger partial charge >= 0.3 is 0 Å². The van der Waals surface area contributed by atoms with Gasteiger partial charge in [-0.3, -0.25) is 4.79 Å². The minimum absolute atomic E-state index is 0.00617. The fourth-order valence-corrected chi connectivity index (χ4v) is 2.42. The Morgan fingerprint density at radius 1 is 1.43 bits per heavy atom. The standard InChI is InChI=1S/C16H25BrN2O2/c1-4-13(18)9-12-5-6-15(14(17)10-12)21-8-7-16(20)19-11(2)3/h5-6,10-11,13H,4,7-9,18H2,1-3H3,(H,19,20). The summed E-state index contributed by atoms with van der Waals surface area (Å²) in [5, 5.41) is 2.84. The second-order valence-electron chi connectivity index (χ2n) is 5.46. The lowest BCUT2D eigenvalue weighted by atomic mass is 10.0. The van der Waals surface area contributed by atoms with E-state index in [2.05, 4.69) is 28.2 Å². The normalized spacial score (nSPS) is 12.3. The minimum atomic E-state index is 0.00617. The largest absolute Gasteiger partial charge is 0.492 e. The number of hydrogen-bond donors (Lipinski definition) is 2. The van der Waals surface area contributed by atoms with Crippen LogP contribution in [0.15, 0.2) is 22.7 Å². The highest BCUT2D eigenvalue weighted by atomic mass is 79.9. The average molecular weight is 357 g/mol. The van der Waals surface area contributed by atoms with Gasteiger partial charge in [-0.25, -0.2) is 0 Å². The first-order valence-corrected chi connectivity index (χ1v) is 8.17. The molecule has 5 heteroatoms. The lowest BCUT2D eigenvalue weighted by molar-refractivity contribution is -0.122. The highest BCUT2D eigenvalue weighted by Crippen LogP contribution is 2.26. The van der Waals surface area contributed by atoms with Crippen LogP contribution in [-0.2, 0) is 11.2 Å². The molecule has 0 spiro atoms. The van der Waals surface area contributed by atoms with E-state index in [9.17, 15) is 4.79 Å². The zero-order valence-corrected chi connectivity index (χ0v) is 14.6. The van der Waals surface area contributed by atoms with Crippen molar-refractivity contribution in [1.29, 1.82) is 0 Å². The highest BCUT2D eigenvalue weighted by molar-refractivity contribution is 9.10. The summed E-state index contributed by atoms with van der Waals surface area (Å²) in [4.78, 5) is 11.5. The summed E-state index contributed by atoms with van der Waals surface area (Å²) in [6.07, 6.45) is 2.17. The van der Waals surface area contributed by atoms with Crippen LogP contribution in [0.1, 0.15) is 39.2 Å². The summed E-state index contributed by atoms with van der Waals surface area (Å²) in [6.45, 7) is 6.33. The van der Waals surface area contributed by atoms with Crippen molar-refractivity contribution in [2.24, 2.45) is 5.73 Å². The van der Waals surface area contributed by atoms with Gasteiger partial charge in [0.1, 0.15) is 5.75 Å². The molecule has 4 nitrogen and oxygen atoms in total. The molecule has 0 aliphatic carbocycles. The fourth-order valence-electron chi connectivity index (χ4n) is 1.88. The first kappa shape index (κ1) is 18.0. The van der Waals surface area contributed by atoms with Crippen LogP contribution in [-0.4, -0.2) is 24.6 Å². The zero-order chi connectivity index (χ0) is 15.8. The molecule has 1 unspecified atom stereocenters. The van der Waals surface area contributed by atoms with Crippen LogP contribution >= 0.6 is 15.9 Å². The third-order valence-corrected chi connectivity index (χ3v) is 3.67. The molecule has 1 aromatic rings. The molecule has 0 heterocycles. The number of benzene rings is 1. The van der Waals surface area contributed by atoms with Crippen LogP contribution in [0.5, 0.6) is 5.75 Å². The first-order chi connectivity index (χ1) is 9.92. The molecular formula is C16H25BrN2O2. The Morgan fingerprint density at radius 2 is 2.14 bits per heavy atom. The van der Waals surface area contributed by atoms with E-state index in [4.69, 9.17) is 10.5 Å². The number of rotatable bonds is 8. The Hall–Kier alpha value is -1.07. The van der Waals surface area contributed by atoms with Crippen molar-refractivity contribution in [2.45, 2.75) is 52.1 Å². The molecule has 0 aliphatic rings. The van der Waals surface area contributed by atoms with E-state index >= 15 is 0 Å². The molecule has 21 heavy (non-hydrogen) atoms. The number of nitrogens with two attached hydrogens (primary N) is 1. The Labute approximate surface area is 135 Å². The van der Waals surface area contributed by atoms with Crippen LogP contribution in [0.3, 0.4) is 0 Å². The van der Waals surface area contributed by atoms with Crippen molar-refractivity contribution < 1.29 is 9.53 Å². The van der Waals surface area contributed by atoms with Gasteiger partial charge < -0.3 is 15.8 Å². The third kappa shape index (κ3) is 6.96. The highest BCUT2D eigenvalue weighted by Gasteiger charge is 2.08. The SMILES string of the molecule is CCC(N)Cc1ccc(OCCC(=O)NC(C)C)c(Br)c1. The zero-order valence-electron chi connectivity index (χ0n) is 13.0. The molecule has 0 aromatic heterocycles. The van der Waals surface area contributed by atoms with Gasteiger partial charge in [0.25, 0.3) is 0 Å². The van der Waals surface area contributed by atoms with Gasteiger partial charge in [0.05, 0.1) is 17.5 Å². The molecule has 1 aromatic carbocycles. The van der Waals surface area contributed by atoms with Crippen LogP contribution < -0.4 is 15.8 Å². The van der Waals surface area contributed by atoms with Crippen molar-refractivity contribution >= 4 is 21.8 Å². The van der Waals surface area contributed by atoms with Crippen LogP contribution in [0, 0.1) is 0 Å². The van der Waals surface area contributed by atoms with Crippen molar-refractivity contribution in [2.75, 3.05) is 6.61 Å². The Balaban J connectivity index is 2.47. The molecule has 1 rings (SSSR count). The summed E-state index contributed by atoms with van der Waals surface area (Å²) < 4.78 is 6.53. The van der Waals surface area contributed by atoms with Gasteiger partial charge in [0, 0.05) is 12.1 Å². The van der Waals surface area contributed by atoms with E-state index in [1.165, 1.54) is 5.56 Å². The van der Waals surface area contributed by atoms with Crippen molar-refractivity contribution in [3.8, 4) is 5.75 Å². The molecule has 3 N–H and O–H groups in total. The molecule has 0 saturated heterocycles.